The molecule has 0 spiro atoms. The van der Waals surface area contributed by atoms with Crippen LogP contribution in [0.15, 0.2) is 22.9 Å². The predicted molar refractivity (Wildman–Crippen MR) is 91.4 cm³/mol. The molecule has 0 N–H and O–H groups in total. The molecule has 25 heavy (non-hydrogen) atoms. The third-order valence-electron chi connectivity index (χ3n) is 5.23. The Hall–Kier alpha value is -2.48. The number of aryl methyl sites for hydroxylation is 2. The molecule has 3 aromatic rings. The fourth-order valence-corrected chi connectivity index (χ4v) is 3.62. The van der Waals surface area contributed by atoms with Crippen LogP contribution in [0.2, 0.25) is 0 Å². The second-order valence-electron chi connectivity index (χ2n) is 6.98. The van der Waals surface area contributed by atoms with Crippen LogP contribution in [0, 0.1) is 0 Å². The van der Waals surface area contributed by atoms with E-state index < -0.39 is 0 Å². The van der Waals surface area contributed by atoms with E-state index in [2.05, 4.69) is 37.1 Å². The summed E-state index contributed by atoms with van der Waals surface area (Å²) >= 11 is 0. The summed E-state index contributed by atoms with van der Waals surface area (Å²) in [4.78, 5) is 9.28. The molecule has 0 aromatic carbocycles. The highest BCUT2D eigenvalue weighted by Crippen LogP contribution is 2.25. The third-order valence-corrected chi connectivity index (χ3v) is 5.23. The van der Waals surface area contributed by atoms with Crippen LogP contribution in [0.4, 0.5) is 5.82 Å². The van der Waals surface area contributed by atoms with Crippen LogP contribution in [0.5, 0.6) is 0 Å². The van der Waals surface area contributed by atoms with Gasteiger partial charge in [0.15, 0.2) is 5.65 Å². The Morgan fingerprint density at radius 2 is 2.12 bits per heavy atom. The lowest BCUT2D eigenvalue weighted by molar-refractivity contribution is 0.179. The van der Waals surface area contributed by atoms with Crippen molar-refractivity contribution in [1.29, 1.82) is 0 Å². The molecule has 0 unspecified atom stereocenters. The Balaban J connectivity index is 1.21. The van der Waals surface area contributed by atoms with Crippen LogP contribution in [0.25, 0.3) is 5.65 Å². The van der Waals surface area contributed by atoms with E-state index in [4.69, 9.17) is 4.42 Å². The van der Waals surface area contributed by atoms with E-state index in [0.29, 0.717) is 6.04 Å². The smallest absolute Gasteiger partial charge is 0.208 e. The maximum absolute atomic E-state index is 5.95. The van der Waals surface area contributed by atoms with E-state index in [9.17, 15) is 0 Å². The van der Waals surface area contributed by atoms with Crippen molar-refractivity contribution >= 4 is 11.5 Å². The van der Waals surface area contributed by atoms with Gasteiger partial charge in [0.05, 0.1) is 12.2 Å². The minimum absolute atomic E-state index is 0.488. The van der Waals surface area contributed by atoms with Gasteiger partial charge in [0.1, 0.15) is 17.9 Å². The quantitative estimate of drug-likeness (QED) is 0.709. The zero-order valence-corrected chi connectivity index (χ0v) is 14.3. The SMILES string of the molecule is CN(Cc1nc2c(o1)CCCC2)C1CN(c2ccc3nncn3n2)C1. The van der Waals surface area contributed by atoms with Gasteiger partial charge < -0.3 is 9.32 Å². The summed E-state index contributed by atoms with van der Waals surface area (Å²) in [6.45, 7) is 2.68. The van der Waals surface area contributed by atoms with Crippen molar-refractivity contribution in [3.8, 4) is 0 Å². The highest BCUT2D eigenvalue weighted by Gasteiger charge is 2.32. The Morgan fingerprint density at radius 3 is 3.00 bits per heavy atom. The largest absolute Gasteiger partial charge is 0.444 e. The zero-order valence-electron chi connectivity index (χ0n) is 14.3. The molecule has 0 amide bonds. The van der Waals surface area contributed by atoms with Crippen LogP contribution in [0.3, 0.4) is 0 Å². The minimum Gasteiger partial charge on any atom is -0.444 e. The molecule has 0 saturated carbocycles. The van der Waals surface area contributed by atoms with Gasteiger partial charge in [-0.25, -0.2) is 4.98 Å². The van der Waals surface area contributed by atoms with E-state index in [1.165, 1.54) is 18.5 Å². The topological polar surface area (TPSA) is 75.6 Å². The van der Waals surface area contributed by atoms with E-state index in [1.807, 2.05) is 12.1 Å². The van der Waals surface area contributed by atoms with Crippen LogP contribution < -0.4 is 4.90 Å². The van der Waals surface area contributed by atoms with Crippen molar-refractivity contribution < 1.29 is 4.42 Å². The van der Waals surface area contributed by atoms with Gasteiger partial charge in [-0.3, -0.25) is 4.90 Å². The third kappa shape index (κ3) is 2.66. The van der Waals surface area contributed by atoms with Crippen molar-refractivity contribution in [3.05, 3.63) is 35.8 Å². The van der Waals surface area contributed by atoms with Gasteiger partial charge in [-0.1, -0.05) is 0 Å². The molecule has 0 atom stereocenters. The van der Waals surface area contributed by atoms with Crippen molar-refractivity contribution in [1.82, 2.24) is 29.7 Å². The first-order chi connectivity index (χ1) is 12.3. The summed E-state index contributed by atoms with van der Waals surface area (Å²) in [6.07, 6.45) is 6.19. The molecule has 1 aliphatic carbocycles. The number of aromatic nitrogens is 5. The molecule has 130 valence electrons. The van der Waals surface area contributed by atoms with Crippen LogP contribution >= 0.6 is 0 Å². The molecule has 4 heterocycles. The molecule has 5 rings (SSSR count). The van der Waals surface area contributed by atoms with E-state index in [1.54, 1.807) is 10.8 Å². The van der Waals surface area contributed by atoms with Gasteiger partial charge in [0, 0.05) is 25.6 Å². The zero-order chi connectivity index (χ0) is 16.8. The summed E-state index contributed by atoms with van der Waals surface area (Å²) in [7, 11) is 2.14. The Labute approximate surface area is 145 Å². The Morgan fingerprint density at radius 1 is 1.24 bits per heavy atom. The van der Waals surface area contributed by atoms with Crippen molar-refractivity contribution in [2.24, 2.45) is 0 Å². The standard InChI is InChI=1S/C17H21N7O/c1-22(10-17-19-13-4-2-3-5-14(13)25-17)12-8-23(9-12)16-7-6-15-20-18-11-24(15)21-16/h6-7,11-12H,2-5,8-10H2,1H3. The molecule has 0 radical (unpaired) electrons. The number of hydrogen-bond acceptors (Lipinski definition) is 7. The fraction of sp³-hybridized carbons (Fsp3) is 0.529. The van der Waals surface area contributed by atoms with Gasteiger partial charge in [0.2, 0.25) is 5.89 Å². The molecule has 2 aliphatic rings. The highest BCUT2D eigenvalue weighted by molar-refractivity contribution is 5.47. The normalized spacial score (nSPS) is 17.9. The van der Waals surface area contributed by atoms with Gasteiger partial charge in [-0.05, 0) is 38.4 Å². The number of rotatable bonds is 4. The van der Waals surface area contributed by atoms with Gasteiger partial charge in [-0.2, -0.15) is 4.52 Å². The highest BCUT2D eigenvalue weighted by atomic mass is 16.4. The summed E-state index contributed by atoms with van der Waals surface area (Å²) in [6, 6.07) is 4.44. The lowest BCUT2D eigenvalue weighted by atomic mass is 10.0. The van der Waals surface area contributed by atoms with Gasteiger partial charge in [0.25, 0.3) is 0 Å². The number of anilines is 1. The van der Waals surface area contributed by atoms with Crippen molar-refractivity contribution in [2.75, 3.05) is 25.0 Å². The Kier molecular flexibility index (Phi) is 3.44. The average Bonchev–Trinajstić information content (AvgIpc) is 3.18. The summed E-state index contributed by atoms with van der Waals surface area (Å²) in [5.74, 6) is 2.93. The number of oxazole rings is 1. The lowest BCUT2D eigenvalue weighted by Crippen LogP contribution is -2.58. The maximum Gasteiger partial charge on any atom is 0.208 e. The molecule has 8 heteroatoms. The molecular formula is C17H21N7O. The molecule has 1 fully saturated rings. The molecular weight excluding hydrogens is 318 g/mol. The lowest BCUT2D eigenvalue weighted by Gasteiger charge is -2.44. The minimum atomic E-state index is 0.488. The van der Waals surface area contributed by atoms with E-state index >= 15 is 0 Å². The number of hydrogen-bond donors (Lipinski definition) is 0. The predicted octanol–water partition coefficient (Wildman–Crippen LogP) is 1.31. The first kappa shape index (κ1) is 14.8. The molecule has 1 saturated heterocycles. The van der Waals surface area contributed by atoms with Gasteiger partial charge >= 0.3 is 0 Å². The van der Waals surface area contributed by atoms with Crippen molar-refractivity contribution in [2.45, 2.75) is 38.3 Å². The van der Waals surface area contributed by atoms with Crippen LogP contribution in [0.1, 0.15) is 30.2 Å². The summed E-state index contributed by atoms with van der Waals surface area (Å²) in [5.41, 5.74) is 1.95. The van der Waals surface area contributed by atoms with E-state index in [0.717, 1.165) is 55.6 Å². The number of fused-ring (bicyclic) bond motifs is 2. The summed E-state index contributed by atoms with van der Waals surface area (Å²) in [5, 5.41) is 12.4. The second kappa shape index (κ2) is 5.80. The van der Waals surface area contributed by atoms with E-state index in [-0.39, 0.29) is 0 Å². The molecule has 3 aromatic heterocycles. The van der Waals surface area contributed by atoms with Gasteiger partial charge in [-0.15, -0.1) is 15.3 Å². The Bertz CT molecular complexity index is 872. The molecule has 8 nitrogen and oxygen atoms in total. The second-order valence-corrected chi connectivity index (χ2v) is 6.98. The maximum atomic E-state index is 5.95. The first-order valence-electron chi connectivity index (χ1n) is 8.86. The molecule has 1 aliphatic heterocycles. The monoisotopic (exact) mass is 339 g/mol. The molecule has 0 bridgehead atoms. The first-order valence-corrected chi connectivity index (χ1v) is 8.86. The number of likely N-dealkylation sites (N-methyl/N-ethyl adjacent to an activating group) is 1. The average molecular weight is 339 g/mol. The van der Waals surface area contributed by atoms with Crippen LogP contribution in [-0.4, -0.2) is 55.9 Å². The fourth-order valence-electron chi connectivity index (χ4n) is 3.62. The van der Waals surface area contributed by atoms with Crippen molar-refractivity contribution in [3.63, 3.8) is 0 Å². The summed E-state index contributed by atoms with van der Waals surface area (Å²) < 4.78 is 7.66. The number of nitrogens with zero attached hydrogens (tertiary/aromatic N) is 7. The van der Waals surface area contributed by atoms with Crippen LogP contribution in [-0.2, 0) is 19.4 Å².